The molecule has 3 amide bonds. The van der Waals surface area contributed by atoms with Crippen molar-refractivity contribution in [3.05, 3.63) is 95.1 Å². The van der Waals surface area contributed by atoms with Crippen LogP contribution in [0.4, 0.5) is 11.4 Å². The van der Waals surface area contributed by atoms with Crippen molar-refractivity contribution in [2.24, 2.45) is 0 Å². The number of aryl methyl sites for hydroxylation is 1. The predicted molar refractivity (Wildman–Crippen MR) is 145 cm³/mol. The topological polar surface area (TPSA) is 60.9 Å². The van der Waals surface area contributed by atoms with E-state index in [0.29, 0.717) is 19.4 Å². The number of piperidine rings is 1. The number of nitrogens with zero attached hydrogens (tertiary/aromatic N) is 3. The van der Waals surface area contributed by atoms with Crippen LogP contribution in [0.1, 0.15) is 41.5 Å². The molecular weight excluding hydrogens is 462 g/mol. The van der Waals surface area contributed by atoms with Gasteiger partial charge in [-0.15, -0.1) is 0 Å². The molecule has 0 aliphatic carbocycles. The molecular formula is C31H33N3O3. The highest BCUT2D eigenvalue weighted by molar-refractivity contribution is 6.00. The van der Waals surface area contributed by atoms with Crippen LogP contribution in [0.5, 0.6) is 0 Å². The summed E-state index contributed by atoms with van der Waals surface area (Å²) in [6.45, 7) is 3.17. The second kappa shape index (κ2) is 10.6. The van der Waals surface area contributed by atoms with Gasteiger partial charge in [-0.1, -0.05) is 54.1 Å². The van der Waals surface area contributed by atoms with Crippen molar-refractivity contribution in [1.29, 1.82) is 0 Å². The fraction of sp³-hybridized carbons (Fsp3) is 0.323. The normalized spacial score (nSPS) is 17.4. The zero-order chi connectivity index (χ0) is 25.9. The first kappa shape index (κ1) is 24.8. The van der Waals surface area contributed by atoms with Gasteiger partial charge in [0.05, 0.1) is 6.42 Å². The summed E-state index contributed by atoms with van der Waals surface area (Å²) in [4.78, 5) is 44.8. The Kier molecular flexibility index (Phi) is 7.08. The van der Waals surface area contributed by atoms with Crippen molar-refractivity contribution in [3.8, 4) is 0 Å². The number of amides is 3. The van der Waals surface area contributed by atoms with Gasteiger partial charge in [0.25, 0.3) is 0 Å². The minimum Gasteiger partial charge on any atom is -0.326 e. The zero-order valence-electron chi connectivity index (χ0n) is 21.5. The molecule has 37 heavy (non-hydrogen) atoms. The third kappa shape index (κ3) is 5.29. The molecule has 0 unspecified atom stereocenters. The van der Waals surface area contributed by atoms with E-state index in [1.165, 1.54) is 0 Å². The number of carbonyl (C=O) groups is 3. The van der Waals surface area contributed by atoms with Gasteiger partial charge in [0, 0.05) is 44.4 Å². The second-order valence-corrected chi connectivity index (χ2v) is 10.1. The molecule has 2 aliphatic rings. The van der Waals surface area contributed by atoms with Gasteiger partial charge in [-0.3, -0.25) is 14.4 Å². The van der Waals surface area contributed by atoms with Crippen molar-refractivity contribution in [2.45, 2.75) is 51.6 Å². The van der Waals surface area contributed by atoms with Gasteiger partial charge < -0.3 is 14.7 Å². The Labute approximate surface area is 218 Å². The van der Waals surface area contributed by atoms with Gasteiger partial charge in [-0.25, -0.2) is 0 Å². The molecule has 6 nitrogen and oxygen atoms in total. The summed E-state index contributed by atoms with van der Waals surface area (Å²) in [5.41, 5.74) is 5.87. The number of hydrogen-bond donors (Lipinski definition) is 0. The van der Waals surface area contributed by atoms with Crippen molar-refractivity contribution in [3.63, 3.8) is 0 Å². The first-order valence-electron chi connectivity index (χ1n) is 13.0. The third-order valence-corrected chi connectivity index (χ3v) is 7.53. The lowest BCUT2D eigenvalue weighted by Crippen LogP contribution is -2.53. The van der Waals surface area contributed by atoms with Crippen LogP contribution in [0.15, 0.2) is 72.8 Å². The van der Waals surface area contributed by atoms with E-state index in [0.717, 1.165) is 53.0 Å². The van der Waals surface area contributed by atoms with E-state index in [4.69, 9.17) is 0 Å². The largest absolute Gasteiger partial charge is 0.326 e. The van der Waals surface area contributed by atoms with Crippen LogP contribution < -0.4 is 9.80 Å². The molecule has 1 saturated heterocycles. The first-order chi connectivity index (χ1) is 17.9. The summed E-state index contributed by atoms with van der Waals surface area (Å²) in [5, 5.41) is 0. The third-order valence-electron chi connectivity index (χ3n) is 7.53. The molecule has 2 heterocycles. The van der Waals surface area contributed by atoms with Crippen LogP contribution in [0, 0.1) is 6.92 Å². The Morgan fingerprint density at radius 3 is 2.32 bits per heavy atom. The van der Waals surface area contributed by atoms with E-state index in [2.05, 4.69) is 0 Å². The van der Waals surface area contributed by atoms with Crippen LogP contribution in [0.25, 0.3) is 0 Å². The smallest absolute Gasteiger partial charge is 0.249 e. The fourth-order valence-electron chi connectivity index (χ4n) is 5.27. The molecule has 0 radical (unpaired) electrons. The molecule has 6 heteroatoms. The quantitative estimate of drug-likeness (QED) is 0.517. The van der Waals surface area contributed by atoms with Gasteiger partial charge in [0.2, 0.25) is 17.7 Å². The van der Waals surface area contributed by atoms with Gasteiger partial charge >= 0.3 is 0 Å². The van der Waals surface area contributed by atoms with Crippen LogP contribution >= 0.6 is 0 Å². The van der Waals surface area contributed by atoms with Crippen molar-refractivity contribution in [1.82, 2.24) is 4.90 Å². The Hall–Kier alpha value is -3.93. The second-order valence-electron chi connectivity index (χ2n) is 10.1. The lowest BCUT2D eigenvalue weighted by molar-refractivity contribution is -0.140. The highest BCUT2D eigenvalue weighted by Gasteiger charge is 2.36. The summed E-state index contributed by atoms with van der Waals surface area (Å²) in [5.74, 6) is -0.0235. The van der Waals surface area contributed by atoms with Crippen LogP contribution in [-0.2, 0) is 33.8 Å². The van der Waals surface area contributed by atoms with Crippen LogP contribution in [0.2, 0.25) is 0 Å². The molecule has 0 bridgehead atoms. The standard InChI is InChI=1S/C31H33N3O3/c1-22-10-12-23(13-11-22)19-30(36)34-21-25-8-4-3-7-24(25)20-28(34)31(37)32(2)26-14-16-27(17-15-26)33-18-6-5-9-29(33)35/h3-4,7-8,10-17,28H,5-6,9,18-21H2,1-2H3/t28-/m0/s1. The first-order valence-corrected chi connectivity index (χ1v) is 13.0. The number of carbonyl (C=O) groups excluding carboxylic acids is 3. The van der Waals surface area contributed by atoms with E-state index < -0.39 is 6.04 Å². The Balaban J connectivity index is 1.37. The number of hydrogen-bond acceptors (Lipinski definition) is 3. The maximum Gasteiger partial charge on any atom is 0.249 e. The van der Waals surface area contributed by atoms with Crippen LogP contribution in [-0.4, -0.2) is 42.3 Å². The van der Waals surface area contributed by atoms with E-state index >= 15 is 0 Å². The molecule has 190 valence electrons. The molecule has 3 aromatic rings. The number of fused-ring (bicyclic) bond motifs is 1. The van der Waals surface area contributed by atoms with Crippen molar-refractivity contribution in [2.75, 3.05) is 23.4 Å². The fourth-order valence-corrected chi connectivity index (χ4v) is 5.27. The van der Waals surface area contributed by atoms with Gasteiger partial charge in [0.15, 0.2) is 0 Å². The molecule has 0 saturated carbocycles. The maximum atomic E-state index is 13.8. The Bertz CT molecular complexity index is 1300. The minimum atomic E-state index is -0.582. The van der Waals surface area contributed by atoms with E-state index in [9.17, 15) is 14.4 Å². The van der Waals surface area contributed by atoms with Gasteiger partial charge in [-0.05, 0) is 60.7 Å². The summed E-state index contributed by atoms with van der Waals surface area (Å²) in [6, 6.07) is 23.0. The summed E-state index contributed by atoms with van der Waals surface area (Å²) in [7, 11) is 1.76. The molecule has 1 fully saturated rings. The Morgan fingerprint density at radius 2 is 1.62 bits per heavy atom. The van der Waals surface area contributed by atoms with Gasteiger partial charge in [-0.2, -0.15) is 0 Å². The number of anilines is 2. The number of benzene rings is 3. The number of rotatable bonds is 5. The molecule has 0 spiro atoms. The highest BCUT2D eigenvalue weighted by atomic mass is 16.2. The highest BCUT2D eigenvalue weighted by Crippen LogP contribution is 2.28. The molecule has 0 N–H and O–H groups in total. The minimum absolute atomic E-state index is 0.0518. The molecule has 2 aliphatic heterocycles. The van der Waals surface area contributed by atoms with E-state index in [-0.39, 0.29) is 24.1 Å². The summed E-state index contributed by atoms with van der Waals surface area (Å²) in [6.07, 6.45) is 3.26. The summed E-state index contributed by atoms with van der Waals surface area (Å²) >= 11 is 0. The maximum absolute atomic E-state index is 13.8. The van der Waals surface area contributed by atoms with E-state index in [1.807, 2.05) is 84.6 Å². The molecule has 3 aromatic carbocycles. The predicted octanol–water partition coefficient (Wildman–Crippen LogP) is 4.67. The lowest BCUT2D eigenvalue weighted by Gasteiger charge is -2.38. The van der Waals surface area contributed by atoms with Crippen LogP contribution in [0.3, 0.4) is 0 Å². The molecule has 1 atom stereocenters. The zero-order valence-corrected chi connectivity index (χ0v) is 21.5. The molecule has 0 aromatic heterocycles. The Morgan fingerprint density at radius 1 is 0.919 bits per heavy atom. The lowest BCUT2D eigenvalue weighted by atomic mass is 9.92. The molecule has 5 rings (SSSR count). The monoisotopic (exact) mass is 495 g/mol. The van der Waals surface area contributed by atoms with Crippen molar-refractivity contribution >= 4 is 29.1 Å². The average Bonchev–Trinajstić information content (AvgIpc) is 2.93. The SMILES string of the molecule is Cc1ccc(CC(=O)N2Cc3ccccc3C[C@H]2C(=O)N(C)c2ccc(N3CCCCC3=O)cc2)cc1. The van der Waals surface area contributed by atoms with E-state index in [1.54, 1.807) is 16.8 Å². The van der Waals surface area contributed by atoms with Gasteiger partial charge in [0.1, 0.15) is 6.04 Å². The average molecular weight is 496 g/mol. The number of likely N-dealkylation sites (N-methyl/N-ethyl adjacent to an activating group) is 1. The summed E-state index contributed by atoms with van der Waals surface area (Å²) < 4.78 is 0. The van der Waals surface area contributed by atoms with Crippen molar-refractivity contribution < 1.29 is 14.4 Å².